The van der Waals surface area contributed by atoms with E-state index in [9.17, 15) is 13.2 Å². The average Bonchev–Trinajstić information content (AvgIpc) is 3.19. The number of benzene rings is 2. The Hall–Kier alpha value is -2.35. The van der Waals surface area contributed by atoms with Gasteiger partial charge in [0.05, 0.1) is 22.8 Å². The SMILES string of the molecule is O=C(NC[C@@H]1CCCO1)c1ccccc1NS(=O)(=O)/C=C/c1ccc(Cl)cc1. The molecule has 2 N–H and O–H groups in total. The lowest BCUT2D eigenvalue weighted by atomic mass is 10.1. The van der Waals surface area contributed by atoms with E-state index in [-0.39, 0.29) is 23.3 Å². The monoisotopic (exact) mass is 420 g/mol. The van der Waals surface area contributed by atoms with E-state index in [1.165, 1.54) is 6.08 Å². The fraction of sp³-hybridized carbons (Fsp3) is 0.250. The fourth-order valence-electron chi connectivity index (χ4n) is 2.81. The normalized spacial score (nSPS) is 17.0. The number of sulfonamides is 1. The van der Waals surface area contributed by atoms with Gasteiger partial charge in [-0.2, -0.15) is 0 Å². The maximum Gasteiger partial charge on any atom is 0.255 e. The number of ether oxygens (including phenoxy) is 1. The van der Waals surface area contributed by atoms with E-state index in [1.54, 1.807) is 48.5 Å². The third-order valence-electron chi connectivity index (χ3n) is 4.25. The maximum absolute atomic E-state index is 12.5. The third kappa shape index (κ3) is 5.82. The minimum atomic E-state index is -3.80. The topological polar surface area (TPSA) is 84.5 Å². The summed E-state index contributed by atoms with van der Waals surface area (Å²) in [6.45, 7) is 1.10. The van der Waals surface area contributed by atoms with E-state index >= 15 is 0 Å². The van der Waals surface area contributed by atoms with Crippen molar-refractivity contribution in [3.8, 4) is 0 Å². The van der Waals surface area contributed by atoms with Gasteiger partial charge in [-0.1, -0.05) is 35.9 Å². The highest BCUT2D eigenvalue weighted by Gasteiger charge is 2.19. The van der Waals surface area contributed by atoms with E-state index in [0.29, 0.717) is 23.7 Å². The molecule has 1 fully saturated rings. The molecule has 2 aromatic carbocycles. The zero-order valence-corrected chi connectivity index (χ0v) is 16.7. The molecule has 0 unspecified atom stereocenters. The summed E-state index contributed by atoms with van der Waals surface area (Å²) in [4.78, 5) is 12.5. The second-order valence-corrected chi connectivity index (χ2v) is 8.39. The molecule has 8 heteroatoms. The van der Waals surface area contributed by atoms with Crippen LogP contribution in [0.1, 0.15) is 28.8 Å². The van der Waals surface area contributed by atoms with Crippen molar-refractivity contribution in [2.75, 3.05) is 17.9 Å². The Labute approximate surface area is 169 Å². The van der Waals surface area contributed by atoms with Crippen molar-refractivity contribution in [2.24, 2.45) is 0 Å². The molecule has 1 amide bonds. The van der Waals surface area contributed by atoms with Gasteiger partial charge in [0, 0.05) is 18.2 Å². The van der Waals surface area contributed by atoms with E-state index in [0.717, 1.165) is 18.2 Å². The minimum Gasteiger partial charge on any atom is -0.376 e. The van der Waals surface area contributed by atoms with E-state index in [2.05, 4.69) is 10.0 Å². The standard InChI is InChI=1S/C20H21ClN2O4S/c21-16-9-7-15(8-10-16)11-13-28(25,26)23-19-6-2-1-5-18(19)20(24)22-14-17-4-3-12-27-17/h1-2,5-11,13,17,23H,3-4,12,14H2,(H,22,24)/b13-11+/t17-/m0/s1. The van der Waals surface area contributed by atoms with Crippen LogP contribution >= 0.6 is 11.6 Å². The van der Waals surface area contributed by atoms with E-state index < -0.39 is 10.0 Å². The second kappa shape index (κ2) is 9.23. The van der Waals surface area contributed by atoms with Gasteiger partial charge in [-0.3, -0.25) is 9.52 Å². The summed E-state index contributed by atoms with van der Waals surface area (Å²) in [5.41, 5.74) is 1.16. The number of rotatable bonds is 7. The second-order valence-electron chi connectivity index (χ2n) is 6.39. The maximum atomic E-state index is 12.5. The molecule has 0 aromatic heterocycles. The molecule has 0 aliphatic carbocycles. The summed E-state index contributed by atoms with van der Waals surface area (Å²) >= 11 is 5.82. The first kappa shape index (κ1) is 20.4. The summed E-state index contributed by atoms with van der Waals surface area (Å²) in [7, 11) is -3.80. The summed E-state index contributed by atoms with van der Waals surface area (Å²) in [5, 5.41) is 4.42. The van der Waals surface area contributed by atoms with Gasteiger partial charge in [0.2, 0.25) is 0 Å². The number of carbonyl (C=O) groups excluding carboxylic acids is 1. The lowest BCUT2D eigenvalue weighted by Gasteiger charge is -2.13. The molecule has 1 saturated heterocycles. The zero-order chi connectivity index (χ0) is 20.0. The van der Waals surface area contributed by atoms with Crippen LogP contribution in [0.2, 0.25) is 5.02 Å². The molecule has 0 saturated carbocycles. The smallest absolute Gasteiger partial charge is 0.255 e. The van der Waals surface area contributed by atoms with Crippen molar-refractivity contribution in [1.82, 2.24) is 5.32 Å². The number of hydrogen-bond donors (Lipinski definition) is 2. The first-order chi connectivity index (χ1) is 13.4. The Kier molecular flexibility index (Phi) is 6.72. The van der Waals surface area contributed by atoms with Gasteiger partial charge in [0.1, 0.15) is 0 Å². The largest absolute Gasteiger partial charge is 0.376 e. The highest BCUT2D eigenvalue weighted by molar-refractivity contribution is 7.95. The highest BCUT2D eigenvalue weighted by Crippen LogP contribution is 2.18. The van der Waals surface area contributed by atoms with Gasteiger partial charge < -0.3 is 10.1 Å². The van der Waals surface area contributed by atoms with Gasteiger partial charge in [-0.05, 0) is 48.7 Å². The van der Waals surface area contributed by atoms with Crippen molar-refractivity contribution in [3.63, 3.8) is 0 Å². The third-order valence-corrected chi connectivity index (χ3v) is 5.50. The van der Waals surface area contributed by atoms with Crippen LogP contribution in [0.15, 0.2) is 53.9 Å². The quantitative estimate of drug-likeness (QED) is 0.715. The average molecular weight is 421 g/mol. The van der Waals surface area contributed by atoms with Crippen molar-refractivity contribution in [3.05, 3.63) is 70.1 Å². The number of nitrogens with one attached hydrogen (secondary N) is 2. The lowest BCUT2D eigenvalue weighted by molar-refractivity contribution is 0.0858. The van der Waals surface area contributed by atoms with Gasteiger partial charge in [0.25, 0.3) is 15.9 Å². The molecule has 1 atom stereocenters. The molecule has 2 aromatic rings. The van der Waals surface area contributed by atoms with Gasteiger partial charge in [0.15, 0.2) is 0 Å². The van der Waals surface area contributed by atoms with Gasteiger partial charge in [-0.15, -0.1) is 0 Å². The summed E-state index contributed by atoms with van der Waals surface area (Å²) < 4.78 is 32.7. The first-order valence-corrected chi connectivity index (χ1v) is 10.8. The number of anilines is 1. The fourth-order valence-corrected chi connectivity index (χ4v) is 3.82. The van der Waals surface area contributed by atoms with E-state index in [1.807, 2.05) is 0 Å². The lowest BCUT2D eigenvalue weighted by Crippen LogP contribution is -2.32. The number of carbonyl (C=O) groups is 1. The first-order valence-electron chi connectivity index (χ1n) is 8.88. The number of halogens is 1. The molecule has 3 rings (SSSR count). The molecule has 1 aliphatic rings. The molecule has 0 spiro atoms. The van der Waals surface area contributed by atoms with Crippen LogP contribution in [0.4, 0.5) is 5.69 Å². The Morgan fingerprint density at radius 1 is 1.18 bits per heavy atom. The van der Waals surface area contributed by atoms with Crippen LogP contribution in [0.5, 0.6) is 0 Å². The predicted octanol–water partition coefficient (Wildman–Crippen LogP) is 3.66. The van der Waals surface area contributed by atoms with Crippen LogP contribution in [0.3, 0.4) is 0 Å². The molecule has 1 aliphatic heterocycles. The highest BCUT2D eigenvalue weighted by atomic mass is 35.5. The van der Waals surface area contributed by atoms with Crippen molar-refractivity contribution in [2.45, 2.75) is 18.9 Å². The van der Waals surface area contributed by atoms with Crippen LogP contribution in [0.25, 0.3) is 6.08 Å². The Bertz CT molecular complexity index is 952. The van der Waals surface area contributed by atoms with Crippen molar-refractivity contribution < 1.29 is 17.9 Å². The molecular formula is C20H21ClN2O4S. The van der Waals surface area contributed by atoms with Crippen molar-refractivity contribution >= 4 is 39.3 Å². The molecule has 1 heterocycles. The molecule has 148 valence electrons. The Balaban J connectivity index is 1.69. The molecule has 0 radical (unpaired) electrons. The predicted molar refractivity (Wildman–Crippen MR) is 111 cm³/mol. The minimum absolute atomic E-state index is 0.00936. The summed E-state index contributed by atoms with van der Waals surface area (Å²) in [5.74, 6) is -0.351. The Morgan fingerprint density at radius 3 is 2.64 bits per heavy atom. The van der Waals surface area contributed by atoms with Crippen LogP contribution < -0.4 is 10.0 Å². The zero-order valence-electron chi connectivity index (χ0n) is 15.1. The molecule has 0 bridgehead atoms. The van der Waals surface area contributed by atoms with Crippen LogP contribution in [-0.2, 0) is 14.8 Å². The summed E-state index contributed by atoms with van der Waals surface area (Å²) in [6.07, 6.45) is 3.36. The Morgan fingerprint density at radius 2 is 1.93 bits per heavy atom. The number of amides is 1. The van der Waals surface area contributed by atoms with Gasteiger partial charge in [-0.25, -0.2) is 8.42 Å². The van der Waals surface area contributed by atoms with Crippen LogP contribution in [0, 0.1) is 0 Å². The van der Waals surface area contributed by atoms with Crippen molar-refractivity contribution in [1.29, 1.82) is 0 Å². The molecule has 28 heavy (non-hydrogen) atoms. The molecular weight excluding hydrogens is 400 g/mol. The summed E-state index contributed by atoms with van der Waals surface area (Å²) in [6, 6.07) is 13.2. The number of hydrogen-bond acceptors (Lipinski definition) is 4. The van der Waals surface area contributed by atoms with E-state index in [4.69, 9.17) is 16.3 Å². The number of para-hydroxylation sites is 1. The molecule has 6 nitrogen and oxygen atoms in total. The van der Waals surface area contributed by atoms with Gasteiger partial charge >= 0.3 is 0 Å². The van der Waals surface area contributed by atoms with Crippen LogP contribution in [-0.4, -0.2) is 33.6 Å².